The second-order valence-corrected chi connectivity index (χ2v) is 8.82. The Kier molecular flexibility index (Phi) is 6.55. The van der Waals surface area contributed by atoms with Gasteiger partial charge in [0.25, 0.3) is 0 Å². The van der Waals surface area contributed by atoms with Gasteiger partial charge in [0.15, 0.2) is 5.82 Å². The Bertz CT molecular complexity index is 828. The van der Waals surface area contributed by atoms with Crippen LogP contribution in [0.5, 0.6) is 0 Å². The summed E-state index contributed by atoms with van der Waals surface area (Å²) in [5, 5.41) is 12.8. The highest BCUT2D eigenvalue weighted by atomic mass is 35.5. The molecule has 0 aliphatic heterocycles. The van der Waals surface area contributed by atoms with Crippen LogP contribution in [0.2, 0.25) is 10.0 Å². The van der Waals surface area contributed by atoms with E-state index in [1.54, 1.807) is 18.2 Å². The molecule has 3 N–H and O–H groups in total. The standard InChI is InChI=1S/C18H23Cl2N5OS/c1-10-4-3-5-15(11(10)2)22-16(26)9-27-18-24-23-17(25(18)21)13-7-6-12(19)8-14(13)20/h6-8,10-11,15H,3-5,9,21H2,1-2H3,(H,22,26)/t10-,11+,15+/m1/s1. The number of hydrogen-bond donors (Lipinski definition) is 2. The first-order valence-corrected chi connectivity index (χ1v) is 10.7. The summed E-state index contributed by atoms with van der Waals surface area (Å²) in [4.78, 5) is 12.4. The molecule has 1 fully saturated rings. The molecule has 0 bridgehead atoms. The second kappa shape index (κ2) is 8.71. The molecule has 1 saturated carbocycles. The zero-order valence-corrected chi connectivity index (χ0v) is 17.6. The van der Waals surface area contributed by atoms with Crippen molar-refractivity contribution in [1.82, 2.24) is 20.2 Å². The molecule has 27 heavy (non-hydrogen) atoms. The second-order valence-electron chi connectivity index (χ2n) is 7.03. The van der Waals surface area contributed by atoms with E-state index in [0.717, 1.165) is 12.8 Å². The number of aromatic nitrogens is 3. The number of amides is 1. The summed E-state index contributed by atoms with van der Waals surface area (Å²) in [7, 11) is 0. The van der Waals surface area contributed by atoms with E-state index in [1.807, 2.05) is 0 Å². The lowest BCUT2D eigenvalue weighted by atomic mass is 9.78. The smallest absolute Gasteiger partial charge is 0.230 e. The summed E-state index contributed by atoms with van der Waals surface area (Å²) in [6.45, 7) is 4.46. The van der Waals surface area contributed by atoms with Crippen LogP contribution in [0.25, 0.3) is 11.4 Å². The van der Waals surface area contributed by atoms with Gasteiger partial charge in [0, 0.05) is 16.6 Å². The largest absolute Gasteiger partial charge is 0.352 e. The van der Waals surface area contributed by atoms with Crippen molar-refractivity contribution in [1.29, 1.82) is 0 Å². The fourth-order valence-corrected chi connectivity index (χ4v) is 4.55. The molecule has 2 aromatic rings. The number of carbonyl (C=O) groups excluding carboxylic acids is 1. The third-order valence-electron chi connectivity index (χ3n) is 5.22. The Morgan fingerprint density at radius 3 is 2.85 bits per heavy atom. The molecule has 1 heterocycles. The van der Waals surface area contributed by atoms with Crippen molar-refractivity contribution >= 4 is 40.9 Å². The molecule has 6 nitrogen and oxygen atoms in total. The van der Waals surface area contributed by atoms with Crippen molar-refractivity contribution in [3.8, 4) is 11.4 Å². The lowest BCUT2D eigenvalue weighted by Crippen LogP contribution is -2.44. The van der Waals surface area contributed by atoms with Gasteiger partial charge in [0.1, 0.15) is 0 Å². The van der Waals surface area contributed by atoms with Crippen LogP contribution in [0.3, 0.4) is 0 Å². The summed E-state index contributed by atoms with van der Waals surface area (Å²) in [5.74, 6) is 7.87. The van der Waals surface area contributed by atoms with E-state index in [1.165, 1.54) is 22.9 Å². The van der Waals surface area contributed by atoms with Gasteiger partial charge >= 0.3 is 0 Å². The van der Waals surface area contributed by atoms with E-state index in [2.05, 4.69) is 29.4 Å². The number of thioether (sulfide) groups is 1. The summed E-state index contributed by atoms with van der Waals surface area (Å²) >= 11 is 13.4. The molecule has 0 unspecified atom stereocenters. The number of nitrogen functional groups attached to an aromatic ring is 1. The van der Waals surface area contributed by atoms with Crippen LogP contribution in [-0.2, 0) is 4.79 Å². The van der Waals surface area contributed by atoms with Gasteiger partial charge in [-0.15, -0.1) is 10.2 Å². The highest BCUT2D eigenvalue weighted by Crippen LogP contribution is 2.31. The van der Waals surface area contributed by atoms with Gasteiger partial charge in [0.05, 0.1) is 10.8 Å². The minimum absolute atomic E-state index is 0.0139. The molecule has 1 aromatic carbocycles. The van der Waals surface area contributed by atoms with E-state index in [4.69, 9.17) is 29.0 Å². The Labute approximate surface area is 173 Å². The van der Waals surface area contributed by atoms with Crippen molar-refractivity contribution in [3.05, 3.63) is 28.2 Å². The van der Waals surface area contributed by atoms with E-state index < -0.39 is 0 Å². The number of nitrogens with two attached hydrogens (primary N) is 1. The molecule has 3 atom stereocenters. The van der Waals surface area contributed by atoms with Crippen LogP contribution in [0.15, 0.2) is 23.4 Å². The van der Waals surface area contributed by atoms with Gasteiger partial charge in [-0.05, 0) is 36.5 Å². The molecule has 1 aromatic heterocycles. The monoisotopic (exact) mass is 427 g/mol. The molecule has 1 aliphatic rings. The van der Waals surface area contributed by atoms with Gasteiger partial charge in [0.2, 0.25) is 11.1 Å². The minimum atomic E-state index is -0.0139. The highest BCUT2D eigenvalue weighted by molar-refractivity contribution is 7.99. The predicted octanol–water partition coefficient (Wildman–Crippen LogP) is 4.00. The summed E-state index contributed by atoms with van der Waals surface area (Å²) in [6.07, 6.45) is 3.43. The van der Waals surface area contributed by atoms with Gasteiger partial charge in [-0.3, -0.25) is 4.79 Å². The molecular formula is C18H23Cl2N5OS. The van der Waals surface area contributed by atoms with Gasteiger partial charge in [-0.2, -0.15) is 0 Å². The SMILES string of the molecule is C[C@H]1[C@H](C)CCC[C@@H]1NC(=O)CSc1nnc(-c2ccc(Cl)cc2Cl)n1N. The number of carbonyl (C=O) groups is 1. The van der Waals surface area contributed by atoms with Crippen molar-refractivity contribution in [3.63, 3.8) is 0 Å². The van der Waals surface area contributed by atoms with E-state index in [0.29, 0.717) is 38.4 Å². The number of nitrogens with one attached hydrogen (secondary N) is 1. The molecule has 146 valence electrons. The first-order chi connectivity index (χ1) is 12.9. The Hall–Kier alpha value is -1.44. The molecule has 9 heteroatoms. The lowest BCUT2D eigenvalue weighted by molar-refractivity contribution is -0.120. The van der Waals surface area contributed by atoms with Crippen molar-refractivity contribution in [2.75, 3.05) is 11.6 Å². The van der Waals surface area contributed by atoms with Gasteiger partial charge < -0.3 is 11.2 Å². The van der Waals surface area contributed by atoms with Crippen LogP contribution in [0.4, 0.5) is 0 Å². The van der Waals surface area contributed by atoms with E-state index >= 15 is 0 Å². The Morgan fingerprint density at radius 1 is 1.33 bits per heavy atom. The van der Waals surface area contributed by atoms with Gasteiger partial charge in [-0.25, -0.2) is 4.68 Å². The third kappa shape index (κ3) is 4.70. The number of rotatable bonds is 5. The Balaban J connectivity index is 1.62. The van der Waals surface area contributed by atoms with Crippen LogP contribution in [0, 0.1) is 11.8 Å². The molecule has 3 rings (SSSR count). The normalized spacial score (nSPS) is 22.6. The van der Waals surface area contributed by atoms with Crippen molar-refractivity contribution in [2.24, 2.45) is 11.8 Å². The van der Waals surface area contributed by atoms with Gasteiger partial charge in [-0.1, -0.05) is 61.7 Å². The van der Waals surface area contributed by atoms with Crippen LogP contribution >= 0.6 is 35.0 Å². The first-order valence-electron chi connectivity index (χ1n) is 8.95. The molecule has 0 spiro atoms. The topological polar surface area (TPSA) is 85.8 Å². The number of benzene rings is 1. The average molecular weight is 428 g/mol. The molecule has 1 aliphatic carbocycles. The maximum absolute atomic E-state index is 12.4. The zero-order chi connectivity index (χ0) is 19.6. The number of halogens is 2. The summed E-state index contributed by atoms with van der Waals surface area (Å²) in [5.41, 5.74) is 0.636. The summed E-state index contributed by atoms with van der Waals surface area (Å²) < 4.78 is 1.35. The average Bonchev–Trinajstić information content (AvgIpc) is 2.98. The fourth-order valence-electron chi connectivity index (χ4n) is 3.39. The third-order valence-corrected chi connectivity index (χ3v) is 6.71. The van der Waals surface area contributed by atoms with Crippen LogP contribution < -0.4 is 11.2 Å². The number of nitrogens with zero attached hydrogens (tertiary/aromatic N) is 3. The Morgan fingerprint density at radius 2 is 2.11 bits per heavy atom. The lowest BCUT2D eigenvalue weighted by Gasteiger charge is -2.34. The summed E-state index contributed by atoms with van der Waals surface area (Å²) in [6, 6.07) is 5.32. The maximum atomic E-state index is 12.4. The number of hydrogen-bond acceptors (Lipinski definition) is 5. The first kappa shape index (κ1) is 20.3. The molecule has 0 saturated heterocycles. The molecular weight excluding hydrogens is 405 g/mol. The van der Waals surface area contributed by atoms with E-state index in [-0.39, 0.29) is 17.7 Å². The minimum Gasteiger partial charge on any atom is -0.352 e. The molecule has 0 radical (unpaired) electrons. The van der Waals surface area contributed by atoms with E-state index in [9.17, 15) is 4.79 Å². The molecule has 1 amide bonds. The predicted molar refractivity (Wildman–Crippen MR) is 110 cm³/mol. The van der Waals surface area contributed by atoms with Crippen LogP contribution in [-0.4, -0.2) is 32.6 Å². The fraction of sp³-hybridized carbons (Fsp3) is 0.500. The maximum Gasteiger partial charge on any atom is 0.230 e. The van der Waals surface area contributed by atoms with Crippen LogP contribution in [0.1, 0.15) is 33.1 Å². The quantitative estimate of drug-likeness (QED) is 0.556. The van der Waals surface area contributed by atoms with Crippen molar-refractivity contribution in [2.45, 2.75) is 44.3 Å². The van der Waals surface area contributed by atoms with Crippen molar-refractivity contribution < 1.29 is 4.79 Å². The highest BCUT2D eigenvalue weighted by Gasteiger charge is 2.28. The zero-order valence-electron chi connectivity index (χ0n) is 15.3.